The third-order valence-electron chi connectivity index (χ3n) is 13.0. The summed E-state index contributed by atoms with van der Waals surface area (Å²) in [5.74, 6) is 0.313. The summed E-state index contributed by atoms with van der Waals surface area (Å²) in [7, 11) is 0. The lowest BCUT2D eigenvalue weighted by Crippen LogP contribution is -2.74. The number of halogens is 1. The maximum Gasteiger partial charge on any atom is 0.271 e. The molecule has 3 aromatic carbocycles. The minimum Gasteiger partial charge on any atom is -0.494 e. The molecule has 3 aliphatic heterocycles. The number of aromatic nitrogens is 1. The van der Waals surface area contributed by atoms with Gasteiger partial charge in [0.15, 0.2) is 0 Å². The molecule has 2 saturated heterocycles. The fraction of sp³-hybridized carbons (Fsp3) is 0.457. The fourth-order valence-corrected chi connectivity index (χ4v) is 10.2. The van der Waals surface area contributed by atoms with E-state index < -0.39 is 11.9 Å². The molecule has 3 N–H and O–H groups in total. The first-order chi connectivity index (χ1) is 28.7. The van der Waals surface area contributed by atoms with E-state index in [1.54, 1.807) is 35.2 Å². The topological polar surface area (TPSA) is 160 Å². The number of fused-ring (bicyclic) bond motifs is 3. The Hall–Kier alpha value is -5.58. The molecule has 1 unspecified atom stereocenters. The van der Waals surface area contributed by atoms with Crippen molar-refractivity contribution in [2.75, 3.05) is 44.2 Å². The second kappa shape index (κ2) is 16.5. The van der Waals surface area contributed by atoms with Crippen molar-refractivity contribution in [1.29, 1.82) is 5.26 Å². The Morgan fingerprint density at radius 3 is 2.37 bits per heavy atom. The van der Waals surface area contributed by atoms with E-state index in [0.717, 1.165) is 79.9 Å². The highest BCUT2D eigenvalue weighted by Gasteiger charge is 2.64. The van der Waals surface area contributed by atoms with Crippen molar-refractivity contribution >= 4 is 51.8 Å². The molecule has 4 heterocycles. The number of H-pyrrole nitrogens is 1. The van der Waals surface area contributed by atoms with Crippen LogP contribution in [0, 0.1) is 22.2 Å². The third kappa shape index (κ3) is 7.90. The number of amides is 4. The van der Waals surface area contributed by atoms with Gasteiger partial charge in [-0.25, -0.2) is 0 Å². The molecule has 60 heavy (non-hydrogen) atoms. The van der Waals surface area contributed by atoms with Gasteiger partial charge in [-0.2, -0.15) is 5.26 Å². The van der Waals surface area contributed by atoms with Crippen LogP contribution >= 0.6 is 11.6 Å². The number of imide groups is 1. The Labute approximate surface area is 355 Å². The van der Waals surface area contributed by atoms with Crippen molar-refractivity contribution in [1.82, 2.24) is 25.4 Å². The van der Waals surface area contributed by atoms with Gasteiger partial charge in [0.2, 0.25) is 11.8 Å². The molecule has 13 nitrogen and oxygen atoms in total. The molecule has 1 aromatic heterocycles. The molecule has 1 saturated carbocycles. The Morgan fingerprint density at radius 2 is 1.67 bits per heavy atom. The molecule has 4 aliphatic rings. The molecule has 8 rings (SSSR count). The number of benzene rings is 3. The first-order valence-corrected chi connectivity index (χ1v) is 21.3. The minimum atomic E-state index is -0.622. The SMILES string of the molecule is CC1(C)[C@H](NC(=O)c2ccc(OCCCCCN3CCN(c4ccc5c6c([nH]c5c4)C(=O)N(C4CCC(=O)NC4=O)C6)CC3)cc2)C(C)(C)[C@H]1Oc1ccc(C#N)c(Cl)c1. The molecule has 0 radical (unpaired) electrons. The largest absolute Gasteiger partial charge is 0.494 e. The van der Waals surface area contributed by atoms with Crippen LogP contribution < -0.4 is 25.0 Å². The fourth-order valence-electron chi connectivity index (χ4n) is 9.95. The van der Waals surface area contributed by atoms with E-state index in [1.807, 2.05) is 12.1 Å². The van der Waals surface area contributed by atoms with Gasteiger partial charge in [-0.1, -0.05) is 45.4 Å². The summed E-state index contributed by atoms with van der Waals surface area (Å²) >= 11 is 6.24. The molecule has 4 amide bonds. The zero-order chi connectivity index (χ0) is 42.3. The quantitative estimate of drug-likeness (QED) is 0.102. The highest BCUT2D eigenvalue weighted by molar-refractivity contribution is 6.31. The number of nitrogens with zero attached hydrogens (tertiary/aromatic N) is 4. The molecule has 4 aromatic rings. The highest BCUT2D eigenvalue weighted by atomic mass is 35.5. The van der Waals surface area contributed by atoms with E-state index in [1.165, 1.54) is 0 Å². The molecule has 14 heteroatoms. The van der Waals surface area contributed by atoms with Crippen molar-refractivity contribution < 1.29 is 28.7 Å². The van der Waals surface area contributed by atoms with Crippen LogP contribution in [0.25, 0.3) is 10.9 Å². The number of ether oxygens (including phenoxy) is 2. The lowest BCUT2D eigenvalue weighted by molar-refractivity contribution is -0.164. The molecule has 0 bridgehead atoms. The van der Waals surface area contributed by atoms with Crippen LogP contribution in [0.15, 0.2) is 60.7 Å². The molecule has 1 aliphatic carbocycles. The van der Waals surface area contributed by atoms with E-state index >= 15 is 0 Å². The van der Waals surface area contributed by atoms with Gasteiger partial charge in [-0.3, -0.25) is 29.4 Å². The van der Waals surface area contributed by atoms with E-state index in [-0.39, 0.29) is 47.1 Å². The van der Waals surface area contributed by atoms with Crippen molar-refractivity contribution in [3.8, 4) is 17.6 Å². The number of nitrogens with one attached hydrogen (secondary N) is 3. The van der Waals surface area contributed by atoms with Gasteiger partial charge in [0, 0.05) is 89.8 Å². The summed E-state index contributed by atoms with van der Waals surface area (Å²) in [6, 6.07) is 20.0. The van der Waals surface area contributed by atoms with Gasteiger partial charge >= 0.3 is 0 Å². The number of hydrogen-bond donors (Lipinski definition) is 3. The summed E-state index contributed by atoms with van der Waals surface area (Å²) in [6.07, 6.45) is 3.50. The lowest BCUT2D eigenvalue weighted by Gasteiger charge is -2.63. The molecule has 0 spiro atoms. The van der Waals surface area contributed by atoms with Gasteiger partial charge in [0.05, 0.1) is 17.2 Å². The molecular formula is C46H52ClN7O6. The standard InChI is InChI=1S/C46H52ClN7O6/c1-45(2)43(46(3,4)44(45)60-32-14-10-29(26-48)35(47)25-32)51-40(56)28-8-12-31(13-9-28)59-23-7-5-6-18-52-19-21-53(22-20-52)30-11-15-33-34-27-54(37-16-17-38(55)50-41(37)57)42(58)39(34)49-36(33)24-30/h8-15,24-25,37,43-44,49H,5-7,16-23,27H2,1-4H3,(H,51,56)(H,50,55,57)/t37?,43-,44-. The van der Waals surface area contributed by atoms with E-state index in [9.17, 15) is 24.4 Å². The van der Waals surface area contributed by atoms with Crippen molar-refractivity contribution in [2.24, 2.45) is 10.8 Å². The van der Waals surface area contributed by atoms with Crippen LogP contribution in [0.3, 0.4) is 0 Å². The number of hydrogen-bond acceptors (Lipinski definition) is 9. The van der Waals surface area contributed by atoms with Crippen LogP contribution in [-0.4, -0.2) is 95.9 Å². The summed E-state index contributed by atoms with van der Waals surface area (Å²) in [5, 5.41) is 16.1. The number of piperazine rings is 1. The van der Waals surface area contributed by atoms with Crippen LogP contribution in [0.1, 0.15) is 91.8 Å². The summed E-state index contributed by atoms with van der Waals surface area (Å²) < 4.78 is 12.4. The van der Waals surface area contributed by atoms with Gasteiger partial charge < -0.3 is 29.6 Å². The Balaban J connectivity index is 0.731. The predicted molar refractivity (Wildman–Crippen MR) is 228 cm³/mol. The Bertz CT molecular complexity index is 2340. The number of nitriles is 1. The number of unbranched alkanes of at least 4 members (excludes halogenated alkanes) is 2. The van der Waals surface area contributed by atoms with Gasteiger partial charge in [0.1, 0.15) is 35.4 Å². The molecule has 1 atom stereocenters. The van der Waals surface area contributed by atoms with Crippen LogP contribution in [0.4, 0.5) is 5.69 Å². The van der Waals surface area contributed by atoms with E-state index in [4.69, 9.17) is 21.1 Å². The number of rotatable bonds is 13. The van der Waals surface area contributed by atoms with Crippen LogP contribution in [0.2, 0.25) is 5.02 Å². The van der Waals surface area contributed by atoms with Crippen molar-refractivity contribution in [3.63, 3.8) is 0 Å². The maximum atomic E-state index is 13.3. The minimum absolute atomic E-state index is 0.129. The normalized spacial score (nSPS) is 22.2. The summed E-state index contributed by atoms with van der Waals surface area (Å²) in [5.41, 5.74) is 3.76. The van der Waals surface area contributed by atoms with E-state index in [2.05, 4.69) is 77.4 Å². The van der Waals surface area contributed by atoms with Gasteiger partial charge in [-0.15, -0.1) is 0 Å². The molecule has 3 fully saturated rings. The smallest absolute Gasteiger partial charge is 0.271 e. The molecular weight excluding hydrogens is 782 g/mol. The summed E-state index contributed by atoms with van der Waals surface area (Å²) in [4.78, 5) is 60.4. The average molecular weight is 834 g/mol. The average Bonchev–Trinajstić information content (AvgIpc) is 3.75. The Morgan fingerprint density at radius 1 is 0.933 bits per heavy atom. The highest BCUT2D eigenvalue weighted by Crippen LogP contribution is 2.55. The first kappa shape index (κ1) is 41.2. The van der Waals surface area contributed by atoms with Gasteiger partial charge in [-0.05, 0) is 80.8 Å². The van der Waals surface area contributed by atoms with Gasteiger partial charge in [0.25, 0.3) is 11.8 Å². The summed E-state index contributed by atoms with van der Waals surface area (Å²) in [6.45, 7) is 14.2. The first-order valence-electron chi connectivity index (χ1n) is 20.9. The van der Waals surface area contributed by atoms with Crippen LogP contribution in [-0.2, 0) is 16.1 Å². The monoisotopic (exact) mass is 833 g/mol. The Kier molecular flexibility index (Phi) is 11.3. The number of carbonyl (C=O) groups is 4. The van der Waals surface area contributed by atoms with Crippen LogP contribution in [0.5, 0.6) is 11.5 Å². The predicted octanol–water partition coefficient (Wildman–Crippen LogP) is 6.44. The zero-order valence-corrected chi connectivity index (χ0v) is 35.4. The third-order valence-corrected chi connectivity index (χ3v) is 13.3. The number of carbonyl (C=O) groups excluding carboxylic acids is 4. The lowest BCUT2D eigenvalue weighted by atomic mass is 9.49. The zero-order valence-electron chi connectivity index (χ0n) is 34.6. The number of piperidine rings is 1. The van der Waals surface area contributed by atoms with Crippen molar-refractivity contribution in [3.05, 3.63) is 88.1 Å². The second-order valence-corrected chi connectivity index (χ2v) is 18.1. The maximum absolute atomic E-state index is 13.3. The molecule has 314 valence electrons. The second-order valence-electron chi connectivity index (χ2n) is 17.7. The van der Waals surface area contributed by atoms with Crippen molar-refractivity contribution in [2.45, 2.75) is 84.5 Å². The number of anilines is 1. The number of aromatic amines is 1. The van der Waals surface area contributed by atoms with E-state index in [0.29, 0.717) is 47.2 Å².